The summed E-state index contributed by atoms with van der Waals surface area (Å²) in [4.78, 5) is 21.0. The van der Waals surface area contributed by atoms with Gasteiger partial charge >= 0.3 is 5.97 Å². The van der Waals surface area contributed by atoms with E-state index in [1.807, 2.05) is 24.3 Å². The highest BCUT2D eigenvalue weighted by molar-refractivity contribution is 6.30. The molecule has 0 unspecified atom stereocenters. The van der Waals surface area contributed by atoms with Crippen molar-refractivity contribution in [1.29, 1.82) is 0 Å². The van der Waals surface area contributed by atoms with Gasteiger partial charge in [0, 0.05) is 30.1 Å². The molecule has 3 rings (SSSR count). The van der Waals surface area contributed by atoms with E-state index >= 15 is 0 Å². The summed E-state index contributed by atoms with van der Waals surface area (Å²) in [7, 11) is 0. The molecule has 28 heavy (non-hydrogen) atoms. The highest BCUT2D eigenvalue weighted by atomic mass is 35.5. The lowest BCUT2D eigenvalue weighted by molar-refractivity contribution is -0.211. The van der Waals surface area contributed by atoms with Crippen molar-refractivity contribution in [2.24, 2.45) is 0 Å². The molecule has 1 aliphatic carbocycles. The lowest BCUT2D eigenvalue weighted by Gasteiger charge is -2.29. The quantitative estimate of drug-likeness (QED) is 0.541. The molecule has 1 aliphatic rings. The van der Waals surface area contributed by atoms with Crippen molar-refractivity contribution >= 4 is 17.6 Å². The Morgan fingerprint density at radius 2 is 2.18 bits per heavy atom. The van der Waals surface area contributed by atoms with Gasteiger partial charge in [0.15, 0.2) is 5.75 Å². The number of aryl methyl sites for hydroxylation is 1. The molecule has 150 valence electrons. The van der Waals surface area contributed by atoms with Crippen molar-refractivity contribution in [3.63, 3.8) is 0 Å². The standard InChI is InChI=1S/C22H26ClNO4/c1-3-19-20-12-18(24-13-21(26)16-5-4-6-17(23)11-16)9-7-15(20)8-10-22(19)28-27-14(2)25/h4-6,8,10-11,18,21,24,26H,3,7,9,12-13H2,1-2H3/t18-,21-/m0/s1. The van der Waals surface area contributed by atoms with Gasteiger partial charge in [-0.05, 0) is 60.6 Å². The Hall–Kier alpha value is -2.08. The van der Waals surface area contributed by atoms with Gasteiger partial charge in [-0.1, -0.05) is 36.7 Å². The summed E-state index contributed by atoms with van der Waals surface area (Å²) in [6.45, 7) is 3.84. The lowest BCUT2D eigenvalue weighted by Crippen LogP contribution is -2.37. The molecule has 2 aromatic carbocycles. The maximum atomic E-state index is 11.1. The zero-order valence-corrected chi connectivity index (χ0v) is 17.0. The van der Waals surface area contributed by atoms with E-state index in [1.165, 1.54) is 18.1 Å². The molecule has 0 spiro atoms. The minimum absolute atomic E-state index is 0.260. The van der Waals surface area contributed by atoms with Crippen molar-refractivity contribution < 1.29 is 19.7 Å². The van der Waals surface area contributed by atoms with Crippen molar-refractivity contribution in [3.8, 4) is 5.75 Å². The van der Waals surface area contributed by atoms with Gasteiger partial charge < -0.3 is 10.4 Å². The second-order valence-electron chi connectivity index (χ2n) is 7.11. The summed E-state index contributed by atoms with van der Waals surface area (Å²) >= 11 is 6.01. The number of aliphatic hydroxyl groups excluding tert-OH is 1. The first-order valence-corrected chi connectivity index (χ1v) is 10.0. The number of carbonyl (C=O) groups excluding carboxylic acids is 1. The maximum absolute atomic E-state index is 11.1. The highest BCUT2D eigenvalue weighted by Gasteiger charge is 2.24. The molecule has 0 radical (unpaired) electrons. The third-order valence-electron chi connectivity index (χ3n) is 5.13. The first-order chi connectivity index (χ1) is 13.5. The van der Waals surface area contributed by atoms with Gasteiger partial charge in [-0.3, -0.25) is 9.78 Å². The van der Waals surface area contributed by atoms with Crippen LogP contribution < -0.4 is 10.2 Å². The molecule has 0 fully saturated rings. The molecule has 0 saturated heterocycles. The topological polar surface area (TPSA) is 67.8 Å². The largest absolute Gasteiger partial charge is 0.387 e. The molecule has 2 aromatic rings. The van der Waals surface area contributed by atoms with Gasteiger partial charge in [0.25, 0.3) is 0 Å². The van der Waals surface area contributed by atoms with Crippen molar-refractivity contribution in [2.75, 3.05) is 6.54 Å². The van der Waals surface area contributed by atoms with E-state index in [-0.39, 0.29) is 6.04 Å². The number of aliphatic hydroxyl groups is 1. The first kappa shape index (κ1) is 20.6. The summed E-state index contributed by atoms with van der Waals surface area (Å²) in [5.41, 5.74) is 4.43. The van der Waals surface area contributed by atoms with E-state index in [2.05, 4.69) is 12.2 Å². The highest BCUT2D eigenvalue weighted by Crippen LogP contribution is 2.32. The SMILES string of the molecule is CCc1c(OOC(C)=O)ccc2c1C[C@@H](NC[C@H](O)c1cccc(Cl)c1)CC2. The Balaban J connectivity index is 1.67. The molecule has 0 bridgehead atoms. The van der Waals surface area contributed by atoms with E-state index in [9.17, 15) is 9.90 Å². The van der Waals surface area contributed by atoms with E-state index in [4.69, 9.17) is 21.4 Å². The fraction of sp³-hybridized carbons (Fsp3) is 0.409. The lowest BCUT2D eigenvalue weighted by atomic mass is 9.84. The van der Waals surface area contributed by atoms with Crippen molar-refractivity contribution in [1.82, 2.24) is 5.32 Å². The van der Waals surface area contributed by atoms with Crippen LogP contribution in [0, 0.1) is 0 Å². The second-order valence-corrected chi connectivity index (χ2v) is 7.55. The minimum atomic E-state index is -0.607. The third-order valence-corrected chi connectivity index (χ3v) is 5.37. The molecule has 0 aromatic heterocycles. The van der Waals surface area contributed by atoms with Crippen molar-refractivity contribution in [3.05, 3.63) is 63.7 Å². The second kappa shape index (κ2) is 9.41. The average molecular weight is 404 g/mol. The number of hydrogen-bond acceptors (Lipinski definition) is 5. The summed E-state index contributed by atoms with van der Waals surface area (Å²) in [6, 6.07) is 11.5. The van der Waals surface area contributed by atoms with Gasteiger partial charge in [-0.2, -0.15) is 0 Å². The Kier molecular flexibility index (Phi) is 6.94. The Morgan fingerprint density at radius 3 is 2.89 bits per heavy atom. The Morgan fingerprint density at radius 1 is 1.36 bits per heavy atom. The van der Waals surface area contributed by atoms with Crippen LogP contribution in [0.5, 0.6) is 5.75 Å². The van der Waals surface area contributed by atoms with Crippen LogP contribution in [0.3, 0.4) is 0 Å². The number of fused-ring (bicyclic) bond motifs is 1. The summed E-state index contributed by atoms with van der Waals surface area (Å²) in [5.74, 6) is 0.116. The van der Waals surface area contributed by atoms with Crippen LogP contribution in [-0.2, 0) is 28.9 Å². The first-order valence-electron chi connectivity index (χ1n) is 9.63. The number of rotatable bonds is 7. The molecule has 5 nitrogen and oxygen atoms in total. The molecular formula is C22H26ClNO4. The molecule has 0 heterocycles. The van der Waals surface area contributed by atoms with Gasteiger partial charge in [-0.15, -0.1) is 0 Å². The van der Waals surface area contributed by atoms with E-state index in [0.717, 1.165) is 36.8 Å². The maximum Gasteiger partial charge on any atom is 0.352 e. The third kappa shape index (κ3) is 5.04. The molecule has 2 N–H and O–H groups in total. The normalized spacial score (nSPS) is 16.9. The van der Waals surface area contributed by atoms with E-state index in [1.54, 1.807) is 12.1 Å². The molecule has 2 atom stereocenters. The molecular weight excluding hydrogens is 378 g/mol. The Labute approximate surface area is 170 Å². The van der Waals surface area contributed by atoms with Crippen LogP contribution >= 0.6 is 11.6 Å². The summed E-state index contributed by atoms with van der Waals surface area (Å²) in [6.07, 6.45) is 2.99. The summed E-state index contributed by atoms with van der Waals surface area (Å²) in [5, 5.41) is 14.6. The number of hydrogen-bond donors (Lipinski definition) is 2. The molecule has 0 amide bonds. The van der Waals surface area contributed by atoms with E-state index < -0.39 is 12.1 Å². The van der Waals surface area contributed by atoms with E-state index in [0.29, 0.717) is 17.3 Å². The zero-order valence-electron chi connectivity index (χ0n) is 16.2. The molecule has 0 aliphatic heterocycles. The smallest absolute Gasteiger partial charge is 0.352 e. The number of nitrogens with one attached hydrogen (secondary N) is 1. The van der Waals surface area contributed by atoms with Crippen molar-refractivity contribution in [2.45, 2.75) is 51.7 Å². The van der Waals surface area contributed by atoms with Crippen LogP contribution in [0.2, 0.25) is 5.02 Å². The van der Waals surface area contributed by atoms with Crippen LogP contribution in [0.1, 0.15) is 48.6 Å². The minimum Gasteiger partial charge on any atom is -0.387 e. The van der Waals surface area contributed by atoms with Gasteiger partial charge in [0.1, 0.15) is 0 Å². The van der Waals surface area contributed by atoms with Gasteiger partial charge in [0.2, 0.25) is 0 Å². The number of halogens is 1. The van der Waals surface area contributed by atoms with Crippen LogP contribution in [-0.4, -0.2) is 23.7 Å². The Bertz CT molecular complexity index is 839. The predicted molar refractivity (Wildman–Crippen MR) is 108 cm³/mol. The average Bonchev–Trinajstić information content (AvgIpc) is 2.69. The van der Waals surface area contributed by atoms with Crippen LogP contribution in [0.25, 0.3) is 0 Å². The number of benzene rings is 2. The zero-order chi connectivity index (χ0) is 20.1. The van der Waals surface area contributed by atoms with Gasteiger partial charge in [-0.25, -0.2) is 4.79 Å². The summed E-state index contributed by atoms with van der Waals surface area (Å²) < 4.78 is 0. The molecule has 0 saturated carbocycles. The van der Waals surface area contributed by atoms with Gasteiger partial charge in [0.05, 0.1) is 6.10 Å². The fourth-order valence-corrected chi connectivity index (χ4v) is 3.94. The van der Waals surface area contributed by atoms with Crippen LogP contribution in [0.4, 0.5) is 0 Å². The van der Waals surface area contributed by atoms with Crippen LogP contribution in [0.15, 0.2) is 36.4 Å². The number of carbonyl (C=O) groups is 1. The monoisotopic (exact) mass is 403 g/mol. The molecule has 6 heteroatoms. The fourth-order valence-electron chi connectivity index (χ4n) is 3.74. The predicted octanol–water partition coefficient (Wildman–Crippen LogP) is 3.94.